The Morgan fingerprint density at radius 1 is 0.963 bits per heavy atom. The molecule has 0 bridgehead atoms. The molecule has 6 heteroatoms. The number of piperidine rings is 1. The Morgan fingerprint density at radius 3 is 2.11 bits per heavy atom. The number of nitrogens with zero attached hydrogens (tertiary/aromatic N) is 1. The van der Waals surface area contributed by atoms with Crippen LogP contribution >= 0.6 is 0 Å². The summed E-state index contributed by atoms with van der Waals surface area (Å²) >= 11 is 0. The van der Waals surface area contributed by atoms with Gasteiger partial charge in [0.25, 0.3) is 0 Å². The van der Waals surface area contributed by atoms with Gasteiger partial charge in [0.05, 0.1) is 0 Å². The van der Waals surface area contributed by atoms with E-state index in [1.165, 1.54) is 0 Å². The number of hydrogen-bond donors (Lipinski definition) is 0. The van der Waals surface area contributed by atoms with Crippen LogP contribution < -0.4 is 4.74 Å². The fourth-order valence-corrected chi connectivity index (χ4v) is 2.92. The Balaban J connectivity index is 1.96. The highest BCUT2D eigenvalue weighted by atomic mass is 16.7. The zero-order valence-electron chi connectivity index (χ0n) is 17.2. The summed E-state index contributed by atoms with van der Waals surface area (Å²) < 4.78 is 15.8. The van der Waals surface area contributed by atoms with Crippen molar-refractivity contribution in [2.45, 2.75) is 71.5 Å². The van der Waals surface area contributed by atoms with Gasteiger partial charge in [0, 0.05) is 19.0 Å². The molecule has 0 radical (unpaired) electrons. The van der Waals surface area contributed by atoms with Crippen LogP contribution in [-0.4, -0.2) is 41.4 Å². The SMILES string of the molecule is CC(C)(C)OC(=O)Oc1ccc(C2CCCN(C(=O)OC(C)(C)C)C2)cc1. The largest absolute Gasteiger partial charge is 0.514 e. The quantitative estimate of drug-likeness (QED) is 0.529. The van der Waals surface area contributed by atoms with Gasteiger partial charge in [-0.25, -0.2) is 9.59 Å². The van der Waals surface area contributed by atoms with Crippen LogP contribution in [-0.2, 0) is 9.47 Å². The molecule has 1 saturated heterocycles. The third kappa shape index (κ3) is 7.12. The van der Waals surface area contributed by atoms with Crippen molar-refractivity contribution >= 4 is 12.2 Å². The molecule has 1 aliphatic heterocycles. The van der Waals surface area contributed by atoms with Crippen LogP contribution in [0.15, 0.2) is 24.3 Å². The van der Waals surface area contributed by atoms with E-state index >= 15 is 0 Å². The molecular formula is C21H31NO5. The summed E-state index contributed by atoms with van der Waals surface area (Å²) in [6.07, 6.45) is 0.951. The zero-order chi connectivity index (χ0) is 20.2. The van der Waals surface area contributed by atoms with Crippen molar-refractivity contribution in [1.82, 2.24) is 4.90 Å². The molecule has 1 heterocycles. The van der Waals surface area contributed by atoms with Crippen molar-refractivity contribution < 1.29 is 23.8 Å². The Labute approximate surface area is 161 Å². The fourth-order valence-electron chi connectivity index (χ4n) is 2.92. The number of benzene rings is 1. The number of carbonyl (C=O) groups is 2. The van der Waals surface area contributed by atoms with Gasteiger partial charge in [-0.05, 0) is 72.1 Å². The molecule has 0 N–H and O–H groups in total. The first-order valence-corrected chi connectivity index (χ1v) is 9.42. The van der Waals surface area contributed by atoms with Gasteiger partial charge < -0.3 is 19.1 Å². The maximum Gasteiger partial charge on any atom is 0.514 e. The summed E-state index contributed by atoms with van der Waals surface area (Å²) in [6.45, 7) is 12.3. The van der Waals surface area contributed by atoms with Crippen LogP contribution in [0, 0.1) is 0 Å². The smallest absolute Gasteiger partial charge is 0.444 e. The molecular weight excluding hydrogens is 346 g/mol. The topological polar surface area (TPSA) is 65.1 Å². The summed E-state index contributed by atoms with van der Waals surface area (Å²) in [5, 5.41) is 0. The molecule has 1 fully saturated rings. The summed E-state index contributed by atoms with van der Waals surface area (Å²) in [6, 6.07) is 7.38. The van der Waals surface area contributed by atoms with E-state index in [4.69, 9.17) is 14.2 Å². The highest BCUT2D eigenvalue weighted by Gasteiger charge is 2.28. The van der Waals surface area contributed by atoms with E-state index in [9.17, 15) is 9.59 Å². The predicted molar refractivity (Wildman–Crippen MR) is 103 cm³/mol. The van der Waals surface area contributed by atoms with E-state index in [2.05, 4.69) is 0 Å². The maximum atomic E-state index is 12.3. The van der Waals surface area contributed by atoms with Crippen molar-refractivity contribution in [2.24, 2.45) is 0 Å². The van der Waals surface area contributed by atoms with E-state index in [0.717, 1.165) is 18.4 Å². The molecule has 1 amide bonds. The summed E-state index contributed by atoms with van der Waals surface area (Å²) in [4.78, 5) is 25.8. The Bertz CT molecular complexity index is 655. The lowest BCUT2D eigenvalue weighted by Gasteiger charge is -2.34. The molecule has 1 aliphatic rings. The number of amides is 1. The number of likely N-dealkylation sites (tertiary alicyclic amines) is 1. The van der Waals surface area contributed by atoms with Gasteiger partial charge in [0.2, 0.25) is 0 Å². The lowest BCUT2D eigenvalue weighted by molar-refractivity contribution is 0.0187. The monoisotopic (exact) mass is 377 g/mol. The molecule has 0 saturated carbocycles. The minimum Gasteiger partial charge on any atom is -0.444 e. The Morgan fingerprint density at radius 2 is 1.56 bits per heavy atom. The number of ether oxygens (including phenoxy) is 3. The minimum absolute atomic E-state index is 0.238. The lowest BCUT2D eigenvalue weighted by Crippen LogP contribution is -2.42. The van der Waals surface area contributed by atoms with Crippen LogP contribution in [0.3, 0.4) is 0 Å². The molecule has 0 spiro atoms. The molecule has 1 unspecified atom stereocenters. The predicted octanol–water partition coefficient (Wildman–Crippen LogP) is 5.12. The van der Waals surface area contributed by atoms with Crippen molar-refractivity contribution in [3.05, 3.63) is 29.8 Å². The molecule has 6 nitrogen and oxygen atoms in total. The Hall–Kier alpha value is -2.24. The van der Waals surface area contributed by atoms with Gasteiger partial charge in [-0.2, -0.15) is 0 Å². The second-order valence-corrected chi connectivity index (χ2v) is 8.90. The maximum absolute atomic E-state index is 12.3. The molecule has 27 heavy (non-hydrogen) atoms. The van der Waals surface area contributed by atoms with E-state index in [0.29, 0.717) is 18.8 Å². The molecule has 150 valence electrons. The average molecular weight is 377 g/mol. The average Bonchev–Trinajstić information content (AvgIpc) is 2.52. The van der Waals surface area contributed by atoms with E-state index < -0.39 is 17.4 Å². The summed E-state index contributed by atoms with van der Waals surface area (Å²) in [7, 11) is 0. The van der Waals surface area contributed by atoms with Gasteiger partial charge in [-0.3, -0.25) is 0 Å². The normalized spacial score (nSPS) is 18.0. The number of carbonyl (C=O) groups excluding carboxylic acids is 2. The van der Waals surface area contributed by atoms with E-state index in [-0.39, 0.29) is 12.0 Å². The van der Waals surface area contributed by atoms with Crippen molar-refractivity contribution in [3.63, 3.8) is 0 Å². The number of rotatable bonds is 2. The van der Waals surface area contributed by atoms with Crippen molar-refractivity contribution in [2.75, 3.05) is 13.1 Å². The number of hydrogen-bond acceptors (Lipinski definition) is 5. The molecule has 1 aromatic rings. The van der Waals surface area contributed by atoms with Crippen LogP contribution in [0.4, 0.5) is 9.59 Å². The highest BCUT2D eigenvalue weighted by molar-refractivity contribution is 5.68. The zero-order valence-corrected chi connectivity index (χ0v) is 17.2. The fraction of sp³-hybridized carbons (Fsp3) is 0.619. The van der Waals surface area contributed by atoms with Crippen LogP contribution in [0.2, 0.25) is 0 Å². The third-order valence-electron chi connectivity index (χ3n) is 4.02. The molecule has 1 atom stereocenters. The standard InChI is InChI=1S/C21H31NO5/c1-20(2,3)26-18(23)22-13-7-8-16(14-22)15-9-11-17(12-10-15)25-19(24)27-21(4,5)6/h9-12,16H,7-8,13-14H2,1-6H3. The highest BCUT2D eigenvalue weighted by Crippen LogP contribution is 2.29. The molecule has 0 aliphatic carbocycles. The van der Waals surface area contributed by atoms with Gasteiger partial charge in [0.1, 0.15) is 17.0 Å². The third-order valence-corrected chi connectivity index (χ3v) is 4.02. The lowest BCUT2D eigenvalue weighted by atomic mass is 9.91. The van der Waals surface area contributed by atoms with Crippen LogP contribution in [0.5, 0.6) is 5.75 Å². The summed E-state index contributed by atoms with van der Waals surface area (Å²) in [5.74, 6) is 0.676. The molecule has 0 aromatic heterocycles. The molecule has 2 rings (SSSR count). The second kappa shape index (κ2) is 8.19. The van der Waals surface area contributed by atoms with E-state index in [1.54, 1.807) is 37.8 Å². The first-order chi connectivity index (χ1) is 12.4. The van der Waals surface area contributed by atoms with Crippen LogP contribution in [0.1, 0.15) is 65.9 Å². The van der Waals surface area contributed by atoms with Gasteiger partial charge in [-0.15, -0.1) is 0 Å². The van der Waals surface area contributed by atoms with Gasteiger partial charge in [-0.1, -0.05) is 12.1 Å². The minimum atomic E-state index is -0.719. The van der Waals surface area contributed by atoms with E-state index in [1.807, 2.05) is 32.9 Å². The van der Waals surface area contributed by atoms with Gasteiger partial charge in [0.15, 0.2) is 0 Å². The molecule has 1 aromatic carbocycles. The van der Waals surface area contributed by atoms with Crippen molar-refractivity contribution in [1.29, 1.82) is 0 Å². The van der Waals surface area contributed by atoms with Crippen molar-refractivity contribution in [3.8, 4) is 5.75 Å². The second-order valence-electron chi connectivity index (χ2n) is 8.90. The first kappa shape index (κ1) is 21.1. The summed E-state index contributed by atoms with van der Waals surface area (Å²) in [5.41, 5.74) is 0.0226. The Kier molecular flexibility index (Phi) is 6.39. The first-order valence-electron chi connectivity index (χ1n) is 9.42. The van der Waals surface area contributed by atoms with Gasteiger partial charge >= 0.3 is 12.2 Å². The van der Waals surface area contributed by atoms with Crippen LogP contribution in [0.25, 0.3) is 0 Å².